The van der Waals surface area contributed by atoms with Gasteiger partial charge in [0.2, 0.25) is 59.1 Å². The second-order valence-corrected chi connectivity index (χ2v) is 16.1. The molecule has 2 aromatic carbocycles. The van der Waals surface area contributed by atoms with Gasteiger partial charge in [0.25, 0.3) is 0 Å². The molecule has 4 rings (SSSR count). The van der Waals surface area contributed by atoms with Crippen molar-refractivity contribution < 1.29 is 58.2 Å². The van der Waals surface area contributed by atoms with Crippen LogP contribution in [0.25, 0.3) is 10.9 Å². The molecule has 356 valence electrons. The van der Waals surface area contributed by atoms with Gasteiger partial charge in [0.05, 0.1) is 25.7 Å². The van der Waals surface area contributed by atoms with Crippen LogP contribution < -0.4 is 54.0 Å². The number of para-hydroxylation sites is 1. The molecule has 1 aliphatic rings. The van der Waals surface area contributed by atoms with Crippen molar-refractivity contribution in [2.75, 3.05) is 13.2 Å². The number of nitrogens with one attached hydrogen (secondary N) is 9. The molecule has 1 aromatic heterocycles. The molecular formula is C43H57N11O12. The highest BCUT2D eigenvalue weighted by atomic mass is 16.3. The number of aromatic nitrogens is 1. The number of aliphatic hydroxyl groups is 2. The summed E-state index contributed by atoms with van der Waals surface area (Å²) in [5.41, 5.74) is 13.0. The number of aliphatic hydroxyl groups excluding tert-OH is 2. The van der Waals surface area contributed by atoms with E-state index in [1.807, 2.05) is 18.2 Å². The lowest BCUT2D eigenvalue weighted by Crippen LogP contribution is -2.62. The van der Waals surface area contributed by atoms with Crippen LogP contribution in [0.15, 0.2) is 60.8 Å². The minimum absolute atomic E-state index is 0.0315. The van der Waals surface area contributed by atoms with Gasteiger partial charge in [0.1, 0.15) is 42.3 Å². The van der Waals surface area contributed by atoms with Gasteiger partial charge in [0, 0.05) is 36.4 Å². The fraction of sp³-hybridized carbons (Fsp3) is 0.442. The molecule has 0 unspecified atom stereocenters. The number of rotatable bonds is 24. The van der Waals surface area contributed by atoms with Crippen molar-refractivity contribution in [1.29, 1.82) is 0 Å². The summed E-state index contributed by atoms with van der Waals surface area (Å²) < 4.78 is 0. The third kappa shape index (κ3) is 14.8. The summed E-state index contributed by atoms with van der Waals surface area (Å²) in [5, 5.41) is 40.6. The van der Waals surface area contributed by atoms with Gasteiger partial charge in [-0.15, -0.1) is 0 Å². The molecule has 1 saturated heterocycles. The first-order chi connectivity index (χ1) is 31.3. The number of fused-ring (bicyclic) bond motifs is 1. The van der Waals surface area contributed by atoms with E-state index in [0.29, 0.717) is 11.1 Å². The van der Waals surface area contributed by atoms with Gasteiger partial charge in [-0.3, -0.25) is 47.9 Å². The Kier molecular flexibility index (Phi) is 18.7. The molecule has 0 aliphatic carbocycles. The van der Waals surface area contributed by atoms with E-state index in [-0.39, 0.29) is 31.6 Å². The zero-order valence-corrected chi connectivity index (χ0v) is 36.6. The van der Waals surface area contributed by atoms with E-state index in [4.69, 9.17) is 11.5 Å². The summed E-state index contributed by atoms with van der Waals surface area (Å²) in [4.78, 5) is 132. The normalized spacial score (nSPS) is 16.5. The molecule has 0 radical (unpaired) electrons. The molecule has 1 aliphatic heterocycles. The Hall–Kier alpha value is -7.40. The summed E-state index contributed by atoms with van der Waals surface area (Å²) in [6, 6.07) is 5.52. The van der Waals surface area contributed by atoms with Crippen molar-refractivity contribution in [3.05, 3.63) is 71.9 Å². The van der Waals surface area contributed by atoms with Crippen LogP contribution in [0.4, 0.5) is 0 Å². The quantitative estimate of drug-likeness (QED) is 0.0406. The Morgan fingerprint density at radius 3 is 1.94 bits per heavy atom. The minimum atomic E-state index is -1.79. The molecule has 0 saturated carbocycles. The molecule has 0 bridgehead atoms. The fourth-order valence-corrected chi connectivity index (χ4v) is 6.99. The van der Waals surface area contributed by atoms with E-state index in [0.717, 1.165) is 17.8 Å². The Balaban J connectivity index is 1.41. The standard InChI is InChI=1S/C43H57N11O12/c1-21(2)35(53-38(61)27-13-14-33(58)48-27)43(66)51-30(17-32(44)57)40(63)50-29(15-23-9-5-4-6-10-23)39(62)52-31(20-55)41(64)54-36(22(3)56)42(65)47-19-34(59)49-28(37(45)60)16-24-18-46-26-12-8-7-11-25(24)26/h4-12,18,21-22,27-31,35-36,46,55-56H,13-17,19-20H2,1-3H3,(H2,44,57)(H2,45,60)(H,47,65)(H,48,58)(H,49,59)(H,50,63)(H,51,66)(H,52,62)(H,53,61)(H,54,64)/t22-,27+,28+,29+,30+,31+,35+,36+/m1/s1. The van der Waals surface area contributed by atoms with Crippen LogP contribution >= 0.6 is 0 Å². The number of nitrogens with two attached hydrogens (primary N) is 2. The van der Waals surface area contributed by atoms with Crippen molar-refractivity contribution in [2.24, 2.45) is 17.4 Å². The number of hydrogen-bond acceptors (Lipinski definition) is 12. The number of carbonyl (C=O) groups excluding carboxylic acids is 10. The van der Waals surface area contributed by atoms with Crippen molar-refractivity contribution >= 4 is 70.0 Å². The molecule has 66 heavy (non-hydrogen) atoms. The molecule has 23 heteroatoms. The third-order valence-electron chi connectivity index (χ3n) is 10.6. The van der Waals surface area contributed by atoms with Gasteiger partial charge in [-0.2, -0.15) is 0 Å². The smallest absolute Gasteiger partial charge is 0.245 e. The van der Waals surface area contributed by atoms with Crippen LogP contribution in [-0.2, 0) is 60.8 Å². The topological polar surface area (TPSA) is 375 Å². The maximum Gasteiger partial charge on any atom is 0.245 e. The molecule has 8 atom stereocenters. The lowest BCUT2D eigenvalue weighted by atomic mass is 10.0. The van der Waals surface area contributed by atoms with E-state index in [1.54, 1.807) is 56.4 Å². The first-order valence-electron chi connectivity index (χ1n) is 21.1. The van der Waals surface area contributed by atoms with Crippen LogP contribution in [0.1, 0.15) is 51.2 Å². The van der Waals surface area contributed by atoms with Gasteiger partial charge >= 0.3 is 0 Å². The van der Waals surface area contributed by atoms with E-state index in [1.165, 1.54) is 0 Å². The Bertz CT molecular complexity index is 2270. The van der Waals surface area contributed by atoms with Gasteiger partial charge in [-0.1, -0.05) is 62.4 Å². The van der Waals surface area contributed by atoms with E-state index >= 15 is 0 Å². The van der Waals surface area contributed by atoms with Crippen LogP contribution in [0, 0.1) is 5.92 Å². The van der Waals surface area contributed by atoms with Crippen molar-refractivity contribution in [3.63, 3.8) is 0 Å². The van der Waals surface area contributed by atoms with Crippen LogP contribution in [0.2, 0.25) is 0 Å². The third-order valence-corrected chi connectivity index (χ3v) is 10.6. The highest BCUT2D eigenvalue weighted by Gasteiger charge is 2.36. The predicted octanol–water partition coefficient (Wildman–Crippen LogP) is -4.35. The number of H-pyrrole nitrogens is 1. The molecule has 0 spiro atoms. The van der Waals surface area contributed by atoms with Crippen molar-refractivity contribution in [2.45, 2.75) is 101 Å². The molecule has 15 N–H and O–H groups in total. The molecule has 1 fully saturated rings. The lowest BCUT2D eigenvalue weighted by Gasteiger charge is -2.28. The van der Waals surface area contributed by atoms with Crippen LogP contribution in [0.3, 0.4) is 0 Å². The highest BCUT2D eigenvalue weighted by Crippen LogP contribution is 2.19. The summed E-state index contributed by atoms with van der Waals surface area (Å²) in [5.74, 6) is -9.37. The van der Waals surface area contributed by atoms with Gasteiger partial charge in [0.15, 0.2) is 0 Å². The lowest BCUT2D eigenvalue weighted by molar-refractivity contribution is -0.137. The first-order valence-corrected chi connectivity index (χ1v) is 21.1. The molecule has 3 aromatic rings. The van der Waals surface area contributed by atoms with Crippen LogP contribution in [0.5, 0.6) is 0 Å². The fourth-order valence-electron chi connectivity index (χ4n) is 6.99. The number of benzene rings is 2. The first kappa shape index (κ1) is 51.2. The monoisotopic (exact) mass is 919 g/mol. The SMILES string of the molecule is CC(C)[C@H](NC(=O)[C@@H]1CCC(=O)N1)C(=O)N[C@@H](CC(N)=O)C(=O)N[C@@H](Cc1ccccc1)C(=O)N[C@@H](CO)C(=O)N[C@H](C(=O)NCC(=O)N[C@@H](Cc1c[nH]c2ccccc12)C(N)=O)[C@@H](C)O. The highest BCUT2D eigenvalue weighted by molar-refractivity contribution is 5.99. The second-order valence-electron chi connectivity index (χ2n) is 16.1. The molecule has 2 heterocycles. The number of hydrogen-bond donors (Lipinski definition) is 13. The average molecular weight is 920 g/mol. The maximum absolute atomic E-state index is 13.8. The van der Waals surface area contributed by atoms with Gasteiger partial charge in [-0.05, 0) is 36.5 Å². The summed E-state index contributed by atoms with van der Waals surface area (Å²) >= 11 is 0. The van der Waals surface area contributed by atoms with E-state index < -0.39 is 127 Å². The Morgan fingerprint density at radius 2 is 1.33 bits per heavy atom. The molecule has 23 nitrogen and oxygen atoms in total. The van der Waals surface area contributed by atoms with E-state index in [2.05, 4.69) is 47.5 Å². The van der Waals surface area contributed by atoms with Gasteiger partial charge < -0.3 is 69.2 Å². The zero-order chi connectivity index (χ0) is 48.7. The minimum Gasteiger partial charge on any atom is -0.394 e. The number of primary amides is 2. The van der Waals surface area contributed by atoms with Crippen LogP contribution in [-0.4, -0.2) is 136 Å². The number of amides is 10. The zero-order valence-electron chi connectivity index (χ0n) is 36.6. The van der Waals surface area contributed by atoms with Crippen molar-refractivity contribution in [1.82, 2.24) is 47.5 Å². The van der Waals surface area contributed by atoms with E-state index in [9.17, 15) is 58.2 Å². The second kappa shape index (κ2) is 24.0. The summed E-state index contributed by atoms with van der Waals surface area (Å²) in [6.45, 7) is 2.63. The summed E-state index contributed by atoms with van der Waals surface area (Å²) in [7, 11) is 0. The van der Waals surface area contributed by atoms with Gasteiger partial charge in [-0.25, -0.2) is 0 Å². The Morgan fingerprint density at radius 1 is 0.712 bits per heavy atom. The summed E-state index contributed by atoms with van der Waals surface area (Å²) in [6.07, 6.45) is -0.502. The molecule has 10 amide bonds. The number of aromatic amines is 1. The largest absolute Gasteiger partial charge is 0.394 e. The number of carbonyl (C=O) groups is 10. The Labute approximate surface area is 378 Å². The average Bonchev–Trinajstić information content (AvgIpc) is 3.90. The maximum atomic E-state index is 13.8. The van der Waals surface area contributed by atoms with Crippen molar-refractivity contribution in [3.8, 4) is 0 Å². The predicted molar refractivity (Wildman–Crippen MR) is 235 cm³/mol. The molecular weight excluding hydrogens is 863 g/mol.